The summed E-state index contributed by atoms with van der Waals surface area (Å²) in [5, 5.41) is 6.84. The number of nitrogens with one attached hydrogen (secondary N) is 2. The van der Waals surface area contributed by atoms with Crippen molar-refractivity contribution in [2.24, 2.45) is 0 Å². The number of urea groups is 1. The Morgan fingerprint density at radius 2 is 1.81 bits per heavy atom. The predicted octanol–water partition coefficient (Wildman–Crippen LogP) is 3.10. The third-order valence-corrected chi connectivity index (χ3v) is 6.72. The van der Waals surface area contributed by atoms with Gasteiger partial charge in [-0.3, -0.25) is 0 Å². The SMILES string of the molecule is CCOC(=O)C1=C(CSc2nc(C)nc3sc(C(=O)OCC)c(C)c23)NC(=O)N[C@@H]1C. The molecule has 31 heavy (non-hydrogen) atoms. The first kappa shape index (κ1) is 23.0. The maximum Gasteiger partial charge on any atom is 0.348 e. The van der Waals surface area contributed by atoms with E-state index in [0.29, 0.717) is 37.6 Å². The molecule has 2 aromatic rings. The summed E-state index contributed by atoms with van der Waals surface area (Å²) in [7, 11) is 0. The molecule has 2 amide bonds. The monoisotopic (exact) mass is 464 g/mol. The molecule has 2 N–H and O–H groups in total. The van der Waals surface area contributed by atoms with Crippen LogP contribution in [0.5, 0.6) is 0 Å². The van der Waals surface area contributed by atoms with E-state index in [4.69, 9.17) is 9.47 Å². The maximum atomic E-state index is 12.4. The fourth-order valence-corrected chi connectivity index (χ4v) is 5.52. The molecule has 0 saturated heterocycles. The third kappa shape index (κ3) is 4.82. The second-order valence-electron chi connectivity index (χ2n) is 6.75. The number of aryl methyl sites for hydroxylation is 2. The lowest BCUT2D eigenvalue weighted by Crippen LogP contribution is -2.49. The lowest BCUT2D eigenvalue weighted by atomic mass is 10.1. The molecule has 0 aliphatic carbocycles. The van der Waals surface area contributed by atoms with Gasteiger partial charge in [0.05, 0.1) is 24.8 Å². The fourth-order valence-electron chi connectivity index (χ4n) is 3.23. The number of thioether (sulfide) groups is 1. The Bertz CT molecular complexity index is 1080. The standard InChI is InChI=1S/C20H24N4O5S2/c1-6-28-18(25)14-10(4)21-20(27)24-12(14)8-30-16-13-9(3)15(19(26)29-7-2)31-17(13)23-11(5)22-16/h10H,6-8H2,1-5H3,(H2,21,24,27)/t10-/m1/s1. The molecule has 1 aliphatic heterocycles. The Balaban J connectivity index is 1.98. The molecule has 0 fully saturated rings. The molecule has 0 aromatic carbocycles. The fraction of sp³-hybridized carbons (Fsp3) is 0.450. The second kappa shape index (κ2) is 9.65. The average Bonchev–Trinajstić information content (AvgIpc) is 3.02. The number of ether oxygens (including phenoxy) is 2. The van der Waals surface area contributed by atoms with Crippen LogP contribution in [0.1, 0.15) is 41.8 Å². The Kier molecular flexibility index (Phi) is 7.16. The minimum Gasteiger partial charge on any atom is -0.463 e. The van der Waals surface area contributed by atoms with E-state index in [1.165, 1.54) is 23.1 Å². The Hall–Kier alpha value is -2.66. The van der Waals surface area contributed by atoms with Gasteiger partial charge in [0.1, 0.15) is 20.6 Å². The van der Waals surface area contributed by atoms with Crippen LogP contribution in [0.2, 0.25) is 0 Å². The summed E-state index contributed by atoms with van der Waals surface area (Å²) in [6, 6.07) is -0.856. The van der Waals surface area contributed by atoms with Crippen molar-refractivity contribution in [3.05, 3.63) is 27.5 Å². The number of fused-ring (bicyclic) bond motifs is 1. The maximum absolute atomic E-state index is 12.4. The Morgan fingerprint density at radius 1 is 1.13 bits per heavy atom. The van der Waals surface area contributed by atoms with E-state index in [1.54, 1.807) is 27.7 Å². The van der Waals surface area contributed by atoms with E-state index in [2.05, 4.69) is 20.6 Å². The Morgan fingerprint density at radius 3 is 2.48 bits per heavy atom. The molecule has 0 saturated carbocycles. The van der Waals surface area contributed by atoms with E-state index in [1.807, 2.05) is 6.92 Å². The zero-order chi connectivity index (χ0) is 22.7. The van der Waals surface area contributed by atoms with E-state index in [0.717, 1.165) is 10.9 Å². The molecule has 3 rings (SSSR count). The van der Waals surface area contributed by atoms with Gasteiger partial charge in [0.2, 0.25) is 0 Å². The van der Waals surface area contributed by atoms with E-state index in [9.17, 15) is 14.4 Å². The highest BCUT2D eigenvalue weighted by Gasteiger charge is 2.30. The summed E-state index contributed by atoms with van der Waals surface area (Å²) >= 11 is 2.63. The van der Waals surface area contributed by atoms with Gasteiger partial charge in [-0.1, -0.05) is 11.8 Å². The van der Waals surface area contributed by atoms with Crippen molar-refractivity contribution >= 4 is 51.3 Å². The average molecular weight is 465 g/mol. The van der Waals surface area contributed by atoms with Gasteiger partial charge >= 0.3 is 18.0 Å². The van der Waals surface area contributed by atoms with Gasteiger partial charge in [0.15, 0.2) is 0 Å². The van der Waals surface area contributed by atoms with Gasteiger partial charge in [-0.2, -0.15) is 0 Å². The van der Waals surface area contributed by atoms with Gasteiger partial charge in [-0.25, -0.2) is 24.4 Å². The number of thiophene rings is 1. The normalized spacial score (nSPS) is 16.2. The van der Waals surface area contributed by atoms with E-state index in [-0.39, 0.29) is 25.2 Å². The quantitative estimate of drug-likeness (QED) is 0.364. The highest BCUT2D eigenvalue weighted by Crippen LogP contribution is 2.36. The minimum absolute atomic E-state index is 0.236. The number of nitrogens with zero attached hydrogens (tertiary/aromatic N) is 2. The molecule has 2 aromatic heterocycles. The number of hydrogen-bond acceptors (Lipinski definition) is 9. The van der Waals surface area contributed by atoms with Crippen LogP contribution in [-0.4, -0.2) is 52.9 Å². The van der Waals surface area contributed by atoms with Crippen LogP contribution in [0.25, 0.3) is 10.2 Å². The van der Waals surface area contributed by atoms with Gasteiger partial charge in [-0.05, 0) is 40.2 Å². The highest BCUT2D eigenvalue weighted by atomic mass is 32.2. The number of aromatic nitrogens is 2. The summed E-state index contributed by atoms with van der Waals surface area (Å²) < 4.78 is 10.3. The van der Waals surface area contributed by atoms with Crippen molar-refractivity contribution < 1.29 is 23.9 Å². The van der Waals surface area contributed by atoms with Crippen LogP contribution in [0.3, 0.4) is 0 Å². The summed E-state index contributed by atoms with van der Waals surface area (Å²) in [6.07, 6.45) is 0. The van der Waals surface area contributed by atoms with Gasteiger partial charge in [0, 0.05) is 16.8 Å². The molecule has 0 unspecified atom stereocenters. The topological polar surface area (TPSA) is 120 Å². The molecule has 0 spiro atoms. The number of hydrogen-bond donors (Lipinski definition) is 2. The molecule has 166 valence electrons. The first-order valence-electron chi connectivity index (χ1n) is 9.82. The predicted molar refractivity (Wildman–Crippen MR) is 118 cm³/mol. The molecule has 11 heteroatoms. The van der Waals surface area contributed by atoms with Crippen molar-refractivity contribution in [1.29, 1.82) is 0 Å². The zero-order valence-corrected chi connectivity index (χ0v) is 19.6. The third-order valence-electron chi connectivity index (χ3n) is 4.55. The van der Waals surface area contributed by atoms with Crippen LogP contribution in [0.15, 0.2) is 16.3 Å². The molecular formula is C20H24N4O5S2. The lowest BCUT2D eigenvalue weighted by molar-refractivity contribution is -0.138. The smallest absolute Gasteiger partial charge is 0.348 e. The molecule has 1 aliphatic rings. The molecule has 0 bridgehead atoms. The second-order valence-corrected chi connectivity index (χ2v) is 8.72. The zero-order valence-electron chi connectivity index (χ0n) is 18.0. The highest BCUT2D eigenvalue weighted by molar-refractivity contribution is 7.99. The first-order chi connectivity index (χ1) is 14.8. The van der Waals surface area contributed by atoms with Crippen molar-refractivity contribution in [2.75, 3.05) is 19.0 Å². The van der Waals surface area contributed by atoms with Crippen LogP contribution < -0.4 is 10.6 Å². The number of carbonyl (C=O) groups excluding carboxylic acids is 3. The van der Waals surface area contributed by atoms with E-state index >= 15 is 0 Å². The van der Waals surface area contributed by atoms with Crippen molar-refractivity contribution in [2.45, 2.75) is 45.7 Å². The minimum atomic E-state index is -0.478. The van der Waals surface area contributed by atoms with Gasteiger partial charge in [-0.15, -0.1) is 11.3 Å². The summed E-state index contributed by atoms with van der Waals surface area (Å²) in [5.74, 6) is -0.00246. The van der Waals surface area contributed by atoms with Gasteiger partial charge < -0.3 is 20.1 Å². The van der Waals surface area contributed by atoms with Crippen LogP contribution in [0, 0.1) is 13.8 Å². The summed E-state index contributed by atoms with van der Waals surface area (Å²) in [6.45, 7) is 9.36. The van der Waals surface area contributed by atoms with Gasteiger partial charge in [0.25, 0.3) is 0 Å². The molecular weight excluding hydrogens is 440 g/mol. The Labute approximate surface area is 188 Å². The van der Waals surface area contributed by atoms with Crippen molar-refractivity contribution in [1.82, 2.24) is 20.6 Å². The van der Waals surface area contributed by atoms with Crippen molar-refractivity contribution in [3.8, 4) is 0 Å². The molecule has 3 heterocycles. The lowest BCUT2D eigenvalue weighted by Gasteiger charge is -2.26. The largest absolute Gasteiger partial charge is 0.463 e. The number of esters is 2. The summed E-state index contributed by atoms with van der Waals surface area (Å²) in [5.41, 5.74) is 1.61. The van der Waals surface area contributed by atoms with E-state index < -0.39 is 12.0 Å². The molecule has 9 nitrogen and oxygen atoms in total. The molecule has 0 radical (unpaired) electrons. The van der Waals surface area contributed by atoms with Crippen molar-refractivity contribution in [3.63, 3.8) is 0 Å². The first-order valence-corrected chi connectivity index (χ1v) is 11.6. The number of carbonyl (C=O) groups is 3. The van der Waals surface area contributed by atoms with Crippen LogP contribution >= 0.6 is 23.1 Å². The van der Waals surface area contributed by atoms with Crippen LogP contribution in [0.4, 0.5) is 4.79 Å². The number of amides is 2. The van der Waals surface area contributed by atoms with Crippen LogP contribution in [-0.2, 0) is 14.3 Å². The number of rotatable bonds is 7. The molecule has 1 atom stereocenters. The summed E-state index contributed by atoms with van der Waals surface area (Å²) in [4.78, 5) is 46.9.